The van der Waals surface area contributed by atoms with Crippen molar-refractivity contribution in [3.05, 3.63) is 60.1 Å². The van der Waals surface area contributed by atoms with Crippen LogP contribution in [-0.4, -0.2) is 48.4 Å². The Bertz CT molecular complexity index is 624. The second-order valence-electron chi connectivity index (χ2n) is 6.57. The largest absolute Gasteiger partial charge is 0.459 e. The van der Waals surface area contributed by atoms with E-state index in [4.69, 9.17) is 4.42 Å². The predicted molar refractivity (Wildman–Crippen MR) is 95.1 cm³/mol. The van der Waals surface area contributed by atoms with Crippen LogP contribution in [0.3, 0.4) is 0 Å². The number of carbonyl (C=O) groups is 1. The molecule has 1 aliphatic rings. The van der Waals surface area contributed by atoms with E-state index in [0.29, 0.717) is 11.7 Å². The quantitative estimate of drug-likeness (QED) is 0.842. The summed E-state index contributed by atoms with van der Waals surface area (Å²) in [6.07, 6.45) is 3.73. The Morgan fingerprint density at radius 2 is 1.92 bits per heavy atom. The summed E-state index contributed by atoms with van der Waals surface area (Å²) in [5.41, 5.74) is 1.40. The standard InChI is InChI=1S/C20H26N2O2/c1-17(18-7-3-2-4-8-18)10-13-21-11-6-12-22(15-14-21)20(23)19-9-5-16-24-19/h2-5,7-9,16-17H,6,10-15H2,1H3/t17-/m0/s1. The third-order valence-corrected chi connectivity index (χ3v) is 4.85. The van der Waals surface area contributed by atoms with E-state index in [9.17, 15) is 4.79 Å². The molecule has 1 saturated heterocycles. The summed E-state index contributed by atoms with van der Waals surface area (Å²) in [5.74, 6) is 1.02. The fourth-order valence-electron chi connectivity index (χ4n) is 3.28. The molecule has 1 aromatic carbocycles. The highest BCUT2D eigenvalue weighted by Crippen LogP contribution is 2.19. The average Bonchev–Trinajstić information content (AvgIpc) is 3.06. The highest BCUT2D eigenvalue weighted by molar-refractivity contribution is 5.91. The monoisotopic (exact) mass is 326 g/mol. The van der Waals surface area contributed by atoms with E-state index in [0.717, 1.165) is 45.6 Å². The van der Waals surface area contributed by atoms with Gasteiger partial charge >= 0.3 is 0 Å². The summed E-state index contributed by atoms with van der Waals surface area (Å²) >= 11 is 0. The summed E-state index contributed by atoms with van der Waals surface area (Å²) in [5, 5.41) is 0. The van der Waals surface area contributed by atoms with Gasteiger partial charge in [0.25, 0.3) is 5.91 Å². The molecule has 2 heterocycles. The van der Waals surface area contributed by atoms with Crippen molar-refractivity contribution in [3.63, 3.8) is 0 Å². The van der Waals surface area contributed by atoms with E-state index < -0.39 is 0 Å². The third-order valence-electron chi connectivity index (χ3n) is 4.85. The average molecular weight is 326 g/mol. The predicted octanol–water partition coefficient (Wildman–Crippen LogP) is 3.62. The van der Waals surface area contributed by atoms with Gasteiger partial charge in [-0.3, -0.25) is 4.79 Å². The van der Waals surface area contributed by atoms with Gasteiger partial charge in [-0.15, -0.1) is 0 Å². The molecule has 0 spiro atoms. The first-order valence-corrected chi connectivity index (χ1v) is 8.84. The van der Waals surface area contributed by atoms with Crippen LogP contribution in [0.5, 0.6) is 0 Å². The minimum absolute atomic E-state index is 0.0134. The van der Waals surface area contributed by atoms with Gasteiger partial charge < -0.3 is 14.2 Å². The van der Waals surface area contributed by atoms with E-state index in [1.807, 2.05) is 4.90 Å². The molecule has 0 N–H and O–H groups in total. The van der Waals surface area contributed by atoms with Gasteiger partial charge in [0.15, 0.2) is 5.76 Å². The third kappa shape index (κ3) is 4.26. The molecule has 4 nitrogen and oxygen atoms in total. The first-order valence-electron chi connectivity index (χ1n) is 8.84. The van der Waals surface area contributed by atoms with Gasteiger partial charge in [-0.1, -0.05) is 37.3 Å². The molecule has 0 aliphatic carbocycles. The maximum atomic E-state index is 12.4. The van der Waals surface area contributed by atoms with E-state index in [2.05, 4.69) is 42.2 Å². The fourth-order valence-corrected chi connectivity index (χ4v) is 3.28. The normalized spacial score (nSPS) is 17.5. The Hall–Kier alpha value is -2.07. The van der Waals surface area contributed by atoms with Gasteiger partial charge in [0.1, 0.15) is 0 Å². The van der Waals surface area contributed by atoms with Crippen molar-refractivity contribution >= 4 is 5.91 Å². The van der Waals surface area contributed by atoms with Crippen molar-refractivity contribution in [2.45, 2.75) is 25.7 Å². The maximum absolute atomic E-state index is 12.4. The summed E-state index contributed by atoms with van der Waals surface area (Å²) in [6.45, 7) is 6.96. The number of furan rings is 1. The van der Waals surface area contributed by atoms with Crippen LogP contribution < -0.4 is 0 Å². The SMILES string of the molecule is C[C@@H](CCN1CCCN(C(=O)c2ccco2)CC1)c1ccccc1. The highest BCUT2D eigenvalue weighted by Gasteiger charge is 2.22. The first-order chi connectivity index (χ1) is 11.7. The van der Waals surface area contributed by atoms with Gasteiger partial charge in [0, 0.05) is 19.6 Å². The number of amides is 1. The van der Waals surface area contributed by atoms with Crippen LogP contribution in [0.4, 0.5) is 0 Å². The van der Waals surface area contributed by atoms with Gasteiger partial charge in [-0.05, 0) is 49.5 Å². The van der Waals surface area contributed by atoms with E-state index in [-0.39, 0.29) is 5.91 Å². The number of hydrogen-bond acceptors (Lipinski definition) is 3. The Balaban J connectivity index is 1.48. The van der Waals surface area contributed by atoms with Crippen LogP contribution in [0, 0.1) is 0 Å². The summed E-state index contributed by atoms with van der Waals surface area (Å²) in [4.78, 5) is 16.8. The molecule has 1 amide bonds. The van der Waals surface area contributed by atoms with Crippen LogP contribution in [0.25, 0.3) is 0 Å². The zero-order valence-electron chi connectivity index (χ0n) is 14.4. The molecule has 0 unspecified atom stereocenters. The molecule has 1 fully saturated rings. The molecule has 0 bridgehead atoms. The lowest BCUT2D eigenvalue weighted by atomic mass is 9.98. The van der Waals surface area contributed by atoms with E-state index in [1.54, 1.807) is 18.4 Å². The number of hydrogen-bond donors (Lipinski definition) is 0. The van der Waals surface area contributed by atoms with Crippen LogP contribution in [0.15, 0.2) is 53.1 Å². The number of carbonyl (C=O) groups excluding carboxylic acids is 1. The Kier molecular flexibility index (Phi) is 5.70. The lowest BCUT2D eigenvalue weighted by molar-refractivity contribution is 0.0729. The lowest BCUT2D eigenvalue weighted by Crippen LogP contribution is -2.35. The van der Waals surface area contributed by atoms with Crippen molar-refractivity contribution in [1.29, 1.82) is 0 Å². The van der Waals surface area contributed by atoms with Crippen LogP contribution in [-0.2, 0) is 0 Å². The van der Waals surface area contributed by atoms with Crippen molar-refractivity contribution in [2.24, 2.45) is 0 Å². The Labute approximate surface area is 144 Å². The molecule has 128 valence electrons. The molecule has 1 aliphatic heterocycles. The molecule has 1 atom stereocenters. The van der Waals surface area contributed by atoms with Gasteiger partial charge in [-0.2, -0.15) is 0 Å². The molecule has 2 aromatic rings. The number of benzene rings is 1. The van der Waals surface area contributed by atoms with Crippen molar-refractivity contribution < 1.29 is 9.21 Å². The molecule has 4 heteroatoms. The van der Waals surface area contributed by atoms with Crippen LogP contribution >= 0.6 is 0 Å². The van der Waals surface area contributed by atoms with Gasteiger partial charge in [0.2, 0.25) is 0 Å². The summed E-state index contributed by atoms with van der Waals surface area (Å²) < 4.78 is 5.24. The van der Waals surface area contributed by atoms with Crippen LogP contribution in [0.2, 0.25) is 0 Å². The van der Waals surface area contributed by atoms with Gasteiger partial charge in [0.05, 0.1) is 6.26 Å². The molecule has 0 saturated carbocycles. The van der Waals surface area contributed by atoms with Crippen molar-refractivity contribution in [2.75, 3.05) is 32.7 Å². The summed E-state index contributed by atoms with van der Waals surface area (Å²) in [7, 11) is 0. The first kappa shape index (κ1) is 16.8. The Morgan fingerprint density at radius 1 is 1.08 bits per heavy atom. The minimum Gasteiger partial charge on any atom is -0.459 e. The van der Waals surface area contributed by atoms with E-state index >= 15 is 0 Å². The smallest absolute Gasteiger partial charge is 0.289 e. The molecule has 3 rings (SSSR count). The number of rotatable bonds is 5. The second kappa shape index (κ2) is 8.15. The second-order valence-corrected chi connectivity index (χ2v) is 6.57. The van der Waals surface area contributed by atoms with Gasteiger partial charge in [-0.25, -0.2) is 0 Å². The minimum atomic E-state index is 0.0134. The molecule has 24 heavy (non-hydrogen) atoms. The van der Waals surface area contributed by atoms with Crippen LogP contribution in [0.1, 0.15) is 41.8 Å². The Morgan fingerprint density at radius 3 is 2.67 bits per heavy atom. The highest BCUT2D eigenvalue weighted by atomic mass is 16.3. The molecular weight excluding hydrogens is 300 g/mol. The number of nitrogens with zero attached hydrogens (tertiary/aromatic N) is 2. The molecule has 1 aromatic heterocycles. The topological polar surface area (TPSA) is 36.7 Å². The lowest BCUT2D eigenvalue weighted by Gasteiger charge is -2.23. The van der Waals surface area contributed by atoms with Crippen molar-refractivity contribution in [3.8, 4) is 0 Å². The summed E-state index contributed by atoms with van der Waals surface area (Å²) in [6, 6.07) is 14.2. The zero-order valence-corrected chi connectivity index (χ0v) is 14.4. The zero-order chi connectivity index (χ0) is 16.8. The molecular formula is C20H26N2O2. The molecule has 0 radical (unpaired) electrons. The fraction of sp³-hybridized carbons (Fsp3) is 0.450. The maximum Gasteiger partial charge on any atom is 0.289 e. The van der Waals surface area contributed by atoms with E-state index in [1.165, 1.54) is 5.56 Å². The van der Waals surface area contributed by atoms with Crippen molar-refractivity contribution in [1.82, 2.24) is 9.80 Å².